The van der Waals surface area contributed by atoms with Crippen LogP contribution in [0.4, 0.5) is 0 Å². The monoisotopic (exact) mass is 258 g/mol. The van der Waals surface area contributed by atoms with Gasteiger partial charge in [0.25, 0.3) is 5.56 Å². The summed E-state index contributed by atoms with van der Waals surface area (Å²) in [6, 6.07) is 1.40. The molecule has 0 radical (unpaired) electrons. The molecular weight excluding hydrogens is 240 g/mol. The molecule has 1 unspecified atom stereocenters. The van der Waals surface area contributed by atoms with E-state index in [4.69, 9.17) is 16.3 Å². The molecule has 1 aromatic heterocycles. The molecule has 1 N–H and O–H groups in total. The Labute approximate surface area is 106 Å². The fourth-order valence-corrected chi connectivity index (χ4v) is 1.76. The molecule has 0 saturated carbocycles. The molecule has 0 saturated heterocycles. The highest BCUT2D eigenvalue weighted by atomic mass is 35.5. The zero-order valence-electron chi connectivity index (χ0n) is 10.7. The van der Waals surface area contributed by atoms with Crippen molar-refractivity contribution in [3.8, 4) is 0 Å². The van der Waals surface area contributed by atoms with Gasteiger partial charge in [-0.2, -0.15) is 0 Å². The molecule has 0 aromatic carbocycles. The van der Waals surface area contributed by atoms with Crippen molar-refractivity contribution in [1.82, 2.24) is 9.97 Å². The fraction of sp³-hybridized carbons (Fsp3) is 0.667. The molecule has 0 aliphatic rings. The Morgan fingerprint density at radius 3 is 2.65 bits per heavy atom. The Kier molecular flexibility index (Phi) is 4.71. The number of hydrogen-bond acceptors (Lipinski definition) is 3. The Bertz CT molecular complexity index is 423. The summed E-state index contributed by atoms with van der Waals surface area (Å²) in [6.07, 6.45) is -0.247. The van der Waals surface area contributed by atoms with Crippen LogP contribution in [0.3, 0.4) is 0 Å². The second-order valence-corrected chi connectivity index (χ2v) is 5.22. The third kappa shape index (κ3) is 3.82. The minimum Gasteiger partial charge on any atom is -0.370 e. The maximum atomic E-state index is 11.5. The number of alkyl halides is 1. The highest BCUT2D eigenvalue weighted by molar-refractivity contribution is 6.16. The molecule has 17 heavy (non-hydrogen) atoms. The van der Waals surface area contributed by atoms with Crippen LogP contribution in [0.2, 0.25) is 0 Å². The van der Waals surface area contributed by atoms with E-state index in [-0.39, 0.29) is 23.0 Å². The highest BCUT2D eigenvalue weighted by Crippen LogP contribution is 2.33. The topological polar surface area (TPSA) is 55.0 Å². The largest absolute Gasteiger partial charge is 0.370 e. The predicted octanol–water partition coefficient (Wildman–Crippen LogP) is 2.63. The van der Waals surface area contributed by atoms with Crippen molar-refractivity contribution in [3.63, 3.8) is 0 Å². The van der Waals surface area contributed by atoms with Crippen molar-refractivity contribution in [3.05, 3.63) is 27.9 Å². The normalized spacial score (nSPS) is 13.7. The second kappa shape index (κ2) is 5.65. The maximum Gasteiger partial charge on any atom is 0.251 e. The molecule has 1 heterocycles. The predicted molar refractivity (Wildman–Crippen MR) is 68.2 cm³/mol. The number of ether oxygens (including phenoxy) is 1. The summed E-state index contributed by atoms with van der Waals surface area (Å²) in [6.45, 7) is 8.61. The quantitative estimate of drug-likeness (QED) is 0.845. The Hall–Kier alpha value is -0.870. The number of H-pyrrole nitrogens is 1. The molecule has 0 spiro atoms. The molecule has 0 aliphatic carbocycles. The molecule has 5 heteroatoms. The van der Waals surface area contributed by atoms with Crippen LogP contribution < -0.4 is 5.56 Å². The zero-order chi connectivity index (χ0) is 13.1. The Balaban J connectivity index is 3.18. The molecule has 96 valence electrons. The Morgan fingerprint density at radius 1 is 1.53 bits per heavy atom. The minimum absolute atomic E-state index is 0.142. The van der Waals surface area contributed by atoms with E-state index in [1.165, 1.54) is 6.07 Å². The van der Waals surface area contributed by atoms with E-state index < -0.39 is 0 Å². The molecule has 0 bridgehead atoms. The first-order valence-electron chi connectivity index (χ1n) is 5.66. The highest BCUT2D eigenvalue weighted by Gasteiger charge is 2.29. The van der Waals surface area contributed by atoms with Gasteiger partial charge in [-0.15, -0.1) is 11.6 Å². The standard InChI is InChI=1S/C12H19ClN2O2/c1-5-17-10(12(2,3)4)11-14-8(7-13)6-9(16)15-11/h6,10H,5,7H2,1-4H3,(H,14,15,16). The van der Waals surface area contributed by atoms with Crippen molar-refractivity contribution >= 4 is 11.6 Å². The average Bonchev–Trinajstić information content (AvgIpc) is 2.23. The fourth-order valence-electron chi connectivity index (χ4n) is 1.63. The van der Waals surface area contributed by atoms with Gasteiger partial charge in [-0.1, -0.05) is 20.8 Å². The second-order valence-electron chi connectivity index (χ2n) is 4.96. The van der Waals surface area contributed by atoms with E-state index >= 15 is 0 Å². The molecule has 1 rings (SSSR count). The first-order valence-corrected chi connectivity index (χ1v) is 6.19. The van der Waals surface area contributed by atoms with Crippen LogP contribution in [0, 0.1) is 5.41 Å². The average molecular weight is 259 g/mol. The van der Waals surface area contributed by atoms with Gasteiger partial charge in [0.05, 0.1) is 11.6 Å². The molecular formula is C12H19ClN2O2. The number of aromatic nitrogens is 2. The number of rotatable bonds is 4. The number of nitrogens with one attached hydrogen (secondary N) is 1. The molecule has 0 amide bonds. The van der Waals surface area contributed by atoms with Crippen LogP contribution in [0.25, 0.3) is 0 Å². The number of halogens is 1. The summed E-state index contributed by atoms with van der Waals surface area (Å²) in [5.74, 6) is 0.766. The lowest BCUT2D eigenvalue weighted by Crippen LogP contribution is -2.26. The minimum atomic E-state index is -0.247. The SMILES string of the molecule is CCOC(c1nc(CCl)cc(=O)[nH]1)C(C)(C)C. The van der Waals surface area contributed by atoms with Crippen LogP contribution in [0.5, 0.6) is 0 Å². The maximum absolute atomic E-state index is 11.5. The van der Waals surface area contributed by atoms with Crippen LogP contribution >= 0.6 is 11.6 Å². The van der Waals surface area contributed by atoms with Crippen LogP contribution in [0.15, 0.2) is 10.9 Å². The summed E-state index contributed by atoms with van der Waals surface area (Å²) in [7, 11) is 0. The summed E-state index contributed by atoms with van der Waals surface area (Å²) >= 11 is 5.71. The smallest absolute Gasteiger partial charge is 0.251 e. The van der Waals surface area contributed by atoms with E-state index in [2.05, 4.69) is 9.97 Å². The van der Waals surface area contributed by atoms with Gasteiger partial charge in [0.1, 0.15) is 11.9 Å². The summed E-state index contributed by atoms with van der Waals surface area (Å²) in [4.78, 5) is 18.5. The van der Waals surface area contributed by atoms with Crippen molar-refractivity contribution in [2.45, 2.75) is 39.7 Å². The lowest BCUT2D eigenvalue weighted by molar-refractivity contribution is -0.0193. The third-order valence-corrected chi connectivity index (χ3v) is 2.59. The number of nitrogens with zero attached hydrogens (tertiary/aromatic N) is 1. The Morgan fingerprint density at radius 2 is 2.18 bits per heavy atom. The number of hydrogen-bond donors (Lipinski definition) is 1. The molecule has 0 fully saturated rings. The van der Waals surface area contributed by atoms with Gasteiger partial charge >= 0.3 is 0 Å². The zero-order valence-corrected chi connectivity index (χ0v) is 11.5. The van der Waals surface area contributed by atoms with Crippen LogP contribution in [-0.4, -0.2) is 16.6 Å². The van der Waals surface area contributed by atoms with E-state index in [9.17, 15) is 4.79 Å². The third-order valence-electron chi connectivity index (χ3n) is 2.32. The van der Waals surface area contributed by atoms with Gasteiger partial charge in [-0.25, -0.2) is 4.98 Å². The molecule has 0 aliphatic heterocycles. The summed E-state index contributed by atoms with van der Waals surface area (Å²) in [5, 5.41) is 0. The lowest BCUT2D eigenvalue weighted by atomic mass is 9.88. The summed E-state index contributed by atoms with van der Waals surface area (Å²) < 4.78 is 5.67. The van der Waals surface area contributed by atoms with E-state index in [0.717, 1.165) is 0 Å². The van der Waals surface area contributed by atoms with E-state index in [0.29, 0.717) is 18.1 Å². The summed E-state index contributed by atoms with van der Waals surface area (Å²) in [5.41, 5.74) is 0.232. The van der Waals surface area contributed by atoms with Gasteiger partial charge in [-0.3, -0.25) is 4.79 Å². The van der Waals surface area contributed by atoms with Crippen molar-refractivity contribution in [1.29, 1.82) is 0 Å². The van der Waals surface area contributed by atoms with Gasteiger partial charge in [0.15, 0.2) is 0 Å². The van der Waals surface area contributed by atoms with Gasteiger partial charge in [0.2, 0.25) is 0 Å². The number of aromatic amines is 1. The van der Waals surface area contributed by atoms with E-state index in [1.54, 1.807) is 0 Å². The van der Waals surface area contributed by atoms with Gasteiger partial charge in [0, 0.05) is 12.7 Å². The first-order chi connectivity index (χ1) is 7.88. The van der Waals surface area contributed by atoms with Crippen molar-refractivity contribution < 1.29 is 4.74 Å². The van der Waals surface area contributed by atoms with Crippen molar-refractivity contribution in [2.24, 2.45) is 5.41 Å². The van der Waals surface area contributed by atoms with Crippen molar-refractivity contribution in [2.75, 3.05) is 6.61 Å². The van der Waals surface area contributed by atoms with E-state index in [1.807, 2.05) is 27.7 Å². The molecule has 1 atom stereocenters. The molecule has 1 aromatic rings. The lowest BCUT2D eigenvalue weighted by Gasteiger charge is -2.29. The van der Waals surface area contributed by atoms with Crippen LogP contribution in [-0.2, 0) is 10.6 Å². The first kappa shape index (κ1) is 14.2. The van der Waals surface area contributed by atoms with Gasteiger partial charge in [-0.05, 0) is 12.3 Å². The van der Waals surface area contributed by atoms with Gasteiger partial charge < -0.3 is 9.72 Å². The van der Waals surface area contributed by atoms with Crippen LogP contribution in [0.1, 0.15) is 45.3 Å². The molecule has 4 nitrogen and oxygen atoms in total.